The summed E-state index contributed by atoms with van der Waals surface area (Å²) in [6.45, 7) is 1.72. The molecule has 0 bridgehead atoms. The van der Waals surface area contributed by atoms with Gasteiger partial charge in [-0.3, -0.25) is 9.36 Å². The highest BCUT2D eigenvalue weighted by Crippen LogP contribution is 2.22. The molecule has 0 saturated carbocycles. The third-order valence-corrected chi connectivity index (χ3v) is 3.66. The highest BCUT2D eigenvalue weighted by molar-refractivity contribution is 6.35. The number of nitrogens with zero attached hydrogens (tertiary/aromatic N) is 2. The van der Waals surface area contributed by atoms with Gasteiger partial charge in [0.05, 0.1) is 27.7 Å². The molecule has 0 saturated heterocycles. The van der Waals surface area contributed by atoms with Crippen LogP contribution < -0.4 is 11.3 Å². The van der Waals surface area contributed by atoms with E-state index in [9.17, 15) is 9.18 Å². The van der Waals surface area contributed by atoms with Crippen molar-refractivity contribution in [3.05, 3.63) is 69.5 Å². The lowest BCUT2D eigenvalue weighted by Gasteiger charge is -2.16. The summed E-state index contributed by atoms with van der Waals surface area (Å²) in [6.07, 6.45) is 0. The first-order chi connectivity index (χ1) is 10.5. The Morgan fingerprint density at radius 2 is 2.00 bits per heavy atom. The van der Waals surface area contributed by atoms with E-state index in [2.05, 4.69) is 4.98 Å². The minimum Gasteiger partial charge on any atom is -0.322 e. The Morgan fingerprint density at radius 1 is 1.27 bits per heavy atom. The molecule has 6 heteroatoms. The van der Waals surface area contributed by atoms with Gasteiger partial charge < -0.3 is 5.73 Å². The normalized spacial score (nSPS) is 12.5. The van der Waals surface area contributed by atoms with Crippen molar-refractivity contribution in [1.29, 1.82) is 0 Å². The van der Waals surface area contributed by atoms with Crippen LogP contribution in [0.1, 0.15) is 18.8 Å². The van der Waals surface area contributed by atoms with Crippen LogP contribution in [0.4, 0.5) is 4.39 Å². The molecule has 1 atom stereocenters. The molecule has 1 aromatic heterocycles. The molecule has 22 heavy (non-hydrogen) atoms. The Morgan fingerprint density at radius 3 is 2.68 bits per heavy atom. The highest BCUT2D eigenvalue weighted by Gasteiger charge is 2.17. The lowest BCUT2D eigenvalue weighted by Crippen LogP contribution is -2.27. The Kier molecular flexibility index (Phi) is 3.68. The van der Waals surface area contributed by atoms with E-state index >= 15 is 0 Å². The van der Waals surface area contributed by atoms with E-state index in [-0.39, 0.29) is 10.9 Å². The Bertz CT molecular complexity index is 921. The van der Waals surface area contributed by atoms with E-state index in [4.69, 9.17) is 17.3 Å². The van der Waals surface area contributed by atoms with Crippen LogP contribution in [0.15, 0.2) is 47.3 Å². The summed E-state index contributed by atoms with van der Waals surface area (Å²) in [4.78, 5) is 17.3. The van der Waals surface area contributed by atoms with Crippen LogP contribution in [-0.4, -0.2) is 9.55 Å². The van der Waals surface area contributed by atoms with Crippen LogP contribution in [0.5, 0.6) is 0 Å². The Balaban J connectivity index is 2.46. The molecule has 112 valence electrons. The third kappa shape index (κ3) is 2.38. The molecule has 4 nitrogen and oxygen atoms in total. The second-order valence-corrected chi connectivity index (χ2v) is 5.42. The first-order valence-corrected chi connectivity index (χ1v) is 7.09. The molecule has 0 unspecified atom stereocenters. The highest BCUT2D eigenvalue weighted by atomic mass is 35.5. The first kappa shape index (κ1) is 14.7. The minimum atomic E-state index is -0.501. The average molecular weight is 318 g/mol. The van der Waals surface area contributed by atoms with Gasteiger partial charge in [-0.05, 0) is 37.3 Å². The summed E-state index contributed by atoms with van der Waals surface area (Å²) in [5.74, 6) is -0.0929. The number of rotatable bonds is 2. The number of hydrogen-bond donors (Lipinski definition) is 1. The Labute approximate surface area is 131 Å². The molecule has 2 aromatic carbocycles. The molecule has 0 spiro atoms. The smallest absolute Gasteiger partial charge is 0.267 e. The molecule has 2 N–H and O–H groups in total. The molecule has 0 radical (unpaired) electrons. The molecule has 0 amide bonds. The number of fused-ring (bicyclic) bond motifs is 1. The predicted molar refractivity (Wildman–Crippen MR) is 84.9 cm³/mol. The fraction of sp³-hybridized carbons (Fsp3) is 0.125. The quantitative estimate of drug-likeness (QED) is 0.789. The fourth-order valence-electron chi connectivity index (χ4n) is 2.38. The van der Waals surface area contributed by atoms with E-state index in [1.165, 1.54) is 22.8 Å². The lowest BCUT2D eigenvalue weighted by molar-refractivity contribution is 0.624. The van der Waals surface area contributed by atoms with E-state index in [1.807, 2.05) is 0 Å². The van der Waals surface area contributed by atoms with E-state index < -0.39 is 11.9 Å². The van der Waals surface area contributed by atoms with Crippen molar-refractivity contribution in [2.75, 3.05) is 0 Å². The number of benzene rings is 2. The van der Waals surface area contributed by atoms with Gasteiger partial charge in [0, 0.05) is 0 Å². The molecule has 0 fully saturated rings. The fourth-order valence-corrected chi connectivity index (χ4v) is 2.63. The van der Waals surface area contributed by atoms with Gasteiger partial charge in [-0.25, -0.2) is 9.37 Å². The maximum Gasteiger partial charge on any atom is 0.267 e. The number of hydrogen-bond acceptors (Lipinski definition) is 3. The van der Waals surface area contributed by atoms with Crippen LogP contribution >= 0.6 is 11.6 Å². The Hall–Kier alpha value is -2.24. The second kappa shape index (κ2) is 5.51. The average Bonchev–Trinajstić information content (AvgIpc) is 2.46. The largest absolute Gasteiger partial charge is 0.322 e. The number of halogens is 2. The molecule has 0 aliphatic heterocycles. The summed E-state index contributed by atoms with van der Waals surface area (Å²) in [5, 5.41) is 0.592. The van der Waals surface area contributed by atoms with Gasteiger partial charge in [0.1, 0.15) is 11.6 Å². The van der Waals surface area contributed by atoms with Gasteiger partial charge in [-0.2, -0.15) is 0 Å². The molecule has 3 aromatic rings. The van der Waals surface area contributed by atoms with Crippen molar-refractivity contribution in [2.45, 2.75) is 13.0 Å². The summed E-state index contributed by atoms with van der Waals surface area (Å²) < 4.78 is 14.8. The topological polar surface area (TPSA) is 60.9 Å². The van der Waals surface area contributed by atoms with Crippen molar-refractivity contribution in [2.24, 2.45) is 5.73 Å². The SMILES string of the molecule is C[C@H](N)c1nc2cccc(Cl)c2c(=O)n1-c1cccc(F)c1. The van der Waals surface area contributed by atoms with Gasteiger partial charge in [0.2, 0.25) is 0 Å². The van der Waals surface area contributed by atoms with Gasteiger partial charge in [-0.1, -0.05) is 23.7 Å². The lowest BCUT2D eigenvalue weighted by atomic mass is 10.2. The molecular weight excluding hydrogens is 305 g/mol. The third-order valence-electron chi connectivity index (χ3n) is 3.35. The van der Waals surface area contributed by atoms with Crippen molar-refractivity contribution in [3.63, 3.8) is 0 Å². The monoisotopic (exact) mass is 317 g/mol. The van der Waals surface area contributed by atoms with Crippen LogP contribution in [0.2, 0.25) is 5.02 Å². The van der Waals surface area contributed by atoms with Gasteiger partial charge >= 0.3 is 0 Å². The molecule has 1 heterocycles. The standard InChI is InChI=1S/C16H13ClFN3O/c1-9(19)15-20-13-7-3-6-12(17)14(13)16(22)21(15)11-5-2-4-10(18)8-11/h2-9H,19H2,1H3/t9-/m0/s1. The van der Waals surface area contributed by atoms with Crippen LogP contribution in [0.3, 0.4) is 0 Å². The second-order valence-electron chi connectivity index (χ2n) is 5.01. The van der Waals surface area contributed by atoms with Crippen LogP contribution in [0.25, 0.3) is 16.6 Å². The first-order valence-electron chi connectivity index (χ1n) is 6.71. The van der Waals surface area contributed by atoms with Crippen molar-refractivity contribution in [1.82, 2.24) is 9.55 Å². The zero-order valence-electron chi connectivity index (χ0n) is 11.8. The summed E-state index contributed by atoms with van der Waals surface area (Å²) in [7, 11) is 0. The van der Waals surface area contributed by atoms with Gasteiger partial charge in [0.25, 0.3) is 5.56 Å². The van der Waals surface area contributed by atoms with Crippen molar-refractivity contribution < 1.29 is 4.39 Å². The van der Waals surface area contributed by atoms with Crippen molar-refractivity contribution in [3.8, 4) is 5.69 Å². The van der Waals surface area contributed by atoms with Gasteiger partial charge in [0.15, 0.2) is 0 Å². The maximum atomic E-state index is 13.5. The molecule has 0 aliphatic carbocycles. The molecular formula is C16H13ClFN3O. The molecule has 0 aliphatic rings. The zero-order chi connectivity index (χ0) is 15.9. The summed E-state index contributed by atoms with van der Waals surface area (Å²) >= 11 is 6.13. The van der Waals surface area contributed by atoms with E-state index in [1.54, 1.807) is 31.2 Å². The number of aromatic nitrogens is 2. The van der Waals surface area contributed by atoms with Gasteiger partial charge in [-0.15, -0.1) is 0 Å². The van der Waals surface area contributed by atoms with Crippen LogP contribution in [-0.2, 0) is 0 Å². The summed E-state index contributed by atoms with van der Waals surface area (Å²) in [6, 6.07) is 10.3. The maximum absolute atomic E-state index is 13.5. The van der Waals surface area contributed by atoms with E-state index in [0.717, 1.165) is 0 Å². The minimum absolute atomic E-state index is 0.290. The van der Waals surface area contributed by atoms with Crippen molar-refractivity contribution >= 4 is 22.5 Å². The molecule has 3 rings (SSSR count). The van der Waals surface area contributed by atoms with E-state index in [0.29, 0.717) is 22.1 Å². The number of nitrogens with two attached hydrogens (primary N) is 1. The predicted octanol–water partition coefficient (Wildman–Crippen LogP) is 3.20. The van der Waals surface area contributed by atoms with Crippen LogP contribution in [0, 0.1) is 5.82 Å². The zero-order valence-corrected chi connectivity index (χ0v) is 12.5. The summed E-state index contributed by atoms with van der Waals surface area (Å²) in [5.41, 5.74) is 6.41.